The average Bonchev–Trinajstić information content (AvgIpc) is 2.43. The summed E-state index contributed by atoms with van der Waals surface area (Å²) in [7, 11) is 0. The first kappa shape index (κ1) is 16.4. The van der Waals surface area contributed by atoms with Gasteiger partial charge in [-0.3, -0.25) is 9.78 Å². The number of aliphatic hydroxyl groups is 1. The van der Waals surface area contributed by atoms with Crippen molar-refractivity contribution >= 4 is 16.8 Å². The SMILES string of the molecule is Cc1cc(C(=O)NCC(C)(O)C(C)C)c2ccc(F)cc2n1. The molecule has 1 aromatic carbocycles. The third-order valence-electron chi connectivity index (χ3n) is 4.00. The molecular weight excluding hydrogens is 283 g/mol. The van der Waals surface area contributed by atoms with Crippen molar-refractivity contribution in [2.24, 2.45) is 5.92 Å². The standard InChI is InChI=1S/C17H21FN2O2/c1-10(2)17(4,22)9-19-16(21)14-7-11(3)20-15-8-12(18)5-6-13(14)15/h5-8,10,22H,9H2,1-4H3,(H,19,21). The van der Waals surface area contributed by atoms with Crippen LogP contribution in [0.2, 0.25) is 0 Å². The minimum Gasteiger partial charge on any atom is -0.388 e. The Labute approximate surface area is 129 Å². The molecule has 0 spiro atoms. The molecule has 118 valence electrons. The van der Waals surface area contributed by atoms with Crippen LogP contribution in [0.5, 0.6) is 0 Å². The van der Waals surface area contributed by atoms with Gasteiger partial charge in [-0.15, -0.1) is 0 Å². The number of aryl methyl sites for hydroxylation is 1. The van der Waals surface area contributed by atoms with E-state index in [0.717, 1.165) is 0 Å². The number of fused-ring (bicyclic) bond motifs is 1. The van der Waals surface area contributed by atoms with Gasteiger partial charge in [0.15, 0.2) is 0 Å². The Morgan fingerprint density at radius 2 is 2.09 bits per heavy atom. The first-order valence-electron chi connectivity index (χ1n) is 7.28. The van der Waals surface area contributed by atoms with Crippen LogP contribution in [0.4, 0.5) is 4.39 Å². The number of hydrogen-bond acceptors (Lipinski definition) is 3. The fraction of sp³-hybridized carbons (Fsp3) is 0.412. The van der Waals surface area contributed by atoms with Gasteiger partial charge in [0, 0.05) is 23.7 Å². The van der Waals surface area contributed by atoms with Gasteiger partial charge in [0.25, 0.3) is 5.91 Å². The van der Waals surface area contributed by atoms with Crippen LogP contribution in [0.15, 0.2) is 24.3 Å². The van der Waals surface area contributed by atoms with Crippen LogP contribution in [-0.2, 0) is 0 Å². The molecule has 1 atom stereocenters. The molecule has 5 heteroatoms. The largest absolute Gasteiger partial charge is 0.388 e. The van der Waals surface area contributed by atoms with Crippen molar-refractivity contribution < 1.29 is 14.3 Å². The second kappa shape index (κ2) is 6.01. The number of nitrogens with zero attached hydrogens (tertiary/aromatic N) is 1. The number of hydrogen-bond donors (Lipinski definition) is 2. The maximum Gasteiger partial charge on any atom is 0.252 e. The highest BCUT2D eigenvalue weighted by molar-refractivity contribution is 6.06. The number of nitrogens with one attached hydrogen (secondary N) is 1. The lowest BCUT2D eigenvalue weighted by atomic mass is 9.92. The molecule has 2 rings (SSSR count). The van der Waals surface area contributed by atoms with E-state index in [0.29, 0.717) is 22.2 Å². The molecule has 0 fully saturated rings. The van der Waals surface area contributed by atoms with Gasteiger partial charge >= 0.3 is 0 Å². The minimum atomic E-state index is -0.986. The predicted molar refractivity (Wildman–Crippen MR) is 84.2 cm³/mol. The van der Waals surface area contributed by atoms with Crippen molar-refractivity contribution in [1.29, 1.82) is 0 Å². The van der Waals surface area contributed by atoms with Crippen molar-refractivity contribution in [3.63, 3.8) is 0 Å². The van der Waals surface area contributed by atoms with E-state index in [1.807, 2.05) is 13.8 Å². The maximum absolute atomic E-state index is 13.3. The molecule has 2 N–H and O–H groups in total. The maximum atomic E-state index is 13.3. The second-order valence-electron chi connectivity index (χ2n) is 6.17. The van der Waals surface area contributed by atoms with E-state index in [-0.39, 0.29) is 24.2 Å². The van der Waals surface area contributed by atoms with Crippen LogP contribution >= 0.6 is 0 Å². The number of benzene rings is 1. The van der Waals surface area contributed by atoms with E-state index < -0.39 is 5.60 Å². The molecule has 0 radical (unpaired) electrons. The van der Waals surface area contributed by atoms with Crippen LogP contribution < -0.4 is 5.32 Å². The molecule has 1 heterocycles. The number of rotatable bonds is 4. The third-order valence-corrected chi connectivity index (χ3v) is 4.00. The molecule has 1 unspecified atom stereocenters. The Hall–Kier alpha value is -2.01. The van der Waals surface area contributed by atoms with Gasteiger partial charge in [0.1, 0.15) is 5.82 Å². The van der Waals surface area contributed by atoms with Gasteiger partial charge in [-0.2, -0.15) is 0 Å². The molecule has 0 saturated heterocycles. The number of carbonyl (C=O) groups excluding carboxylic acids is 1. The summed E-state index contributed by atoms with van der Waals surface area (Å²) < 4.78 is 13.3. The van der Waals surface area contributed by atoms with E-state index in [1.54, 1.807) is 26.0 Å². The Balaban J connectivity index is 2.32. The fourth-order valence-corrected chi connectivity index (χ4v) is 2.08. The fourth-order valence-electron chi connectivity index (χ4n) is 2.08. The second-order valence-corrected chi connectivity index (χ2v) is 6.17. The van der Waals surface area contributed by atoms with Gasteiger partial charge in [0.2, 0.25) is 0 Å². The van der Waals surface area contributed by atoms with Crippen molar-refractivity contribution in [2.75, 3.05) is 6.54 Å². The Kier molecular flexibility index (Phi) is 4.47. The highest BCUT2D eigenvalue weighted by atomic mass is 19.1. The van der Waals surface area contributed by atoms with Crippen LogP contribution in [0, 0.1) is 18.7 Å². The van der Waals surface area contributed by atoms with Gasteiger partial charge in [-0.25, -0.2) is 4.39 Å². The predicted octanol–water partition coefficient (Wildman–Crippen LogP) is 2.82. The Morgan fingerprint density at radius 1 is 1.41 bits per heavy atom. The molecular formula is C17H21FN2O2. The van der Waals surface area contributed by atoms with E-state index in [2.05, 4.69) is 10.3 Å². The molecule has 1 amide bonds. The number of halogens is 1. The third kappa shape index (κ3) is 3.42. The van der Waals surface area contributed by atoms with Crippen molar-refractivity contribution in [3.05, 3.63) is 41.3 Å². The lowest BCUT2D eigenvalue weighted by Crippen LogP contribution is -2.44. The van der Waals surface area contributed by atoms with E-state index in [9.17, 15) is 14.3 Å². The summed E-state index contributed by atoms with van der Waals surface area (Å²) in [5, 5.41) is 13.6. The van der Waals surface area contributed by atoms with Gasteiger partial charge in [-0.05, 0) is 38.0 Å². The summed E-state index contributed by atoms with van der Waals surface area (Å²) in [5.74, 6) is -0.680. The highest BCUT2D eigenvalue weighted by Crippen LogP contribution is 2.20. The lowest BCUT2D eigenvalue weighted by molar-refractivity contribution is 0.0142. The first-order valence-corrected chi connectivity index (χ1v) is 7.28. The lowest BCUT2D eigenvalue weighted by Gasteiger charge is -2.27. The Morgan fingerprint density at radius 3 is 2.73 bits per heavy atom. The first-order chi connectivity index (χ1) is 10.2. The van der Waals surface area contributed by atoms with Crippen molar-refractivity contribution in [2.45, 2.75) is 33.3 Å². The van der Waals surface area contributed by atoms with Crippen molar-refractivity contribution in [1.82, 2.24) is 10.3 Å². The molecule has 0 aliphatic carbocycles. The number of carbonyl (C=O) groups is 1. The average molecular weight is 304 g/mol. The topological polar surface area (TPSA) is 62.2 Å². The molecule has 0 aliphatic heterocycles. The van der Waals surface area contributed by atoms with E-state index >= 15 is 0 Å². The van der Waals surface area contributed by atoms with Crippen LogP contribution in [0.1, 0.15) is 36.8 Å². The summed E-state index contributed by atoms with van der Waals surface area (Å²) in [4.78, 5) is 16.7. The molecule has 2 aromatic rings. The Bertz CT molecular complexity index is 706. The number of amides is 1. The van der Waals surface area contributed by atoms with Gasteiger partial charge < -0.3 is 10.4 Å². The molecule has 0 saturated carbocycles. The quantitative estimate of drug-likeness (QED) is 0.913. The normalized spacial score (nSPS) is 14.1. The number of aromatic nitrogens is 1. The van der Waals surface area contributed by atoms with Crippen molar-refractivity contribution in [3.8, 4) is 0 Å². The molecule has 1 aromatic heterocycles. The number of pyridine rings is 1. The zero-order valence-electron chi connectivity index (χ0n) is 13.3. The van der Waals surface area contributed by atoms with Crippen LogP contribution in [-0.4, -0.2) is 28.1 Å². The monoisotopic (exact) mass is 304 g/mol. The summed E-state index contributed by atoms with van der Waals surface area (Å²) in [6.45, 7) is 7.37. The van der Waals surface area contributed by atoms with Gasteiger partial charge in [0.05, 0.1) is 16.7 Å². The summed E-state index contributed by atoms with van der Waals surface area (Å²) in [6, 6.07) is 5.83. The zero-order valence-corrected chi connectivity index (χ0v) is 13.3. The smallest absolute Gasteiger partial charge is 0.252 e. The minimum absolute atomic E-state index is 0.0119. The zero-order chi connectivity index (χ0) is 16.5. The van der Waals surface area contributed by atoms with Crippen LogP contribution in [0.25, 0.3) is 10.9 Å². The van der Waals surface area contributed by atoms with Gasteiger partial charge in [-0.1, -0.05) is 13.8 Å². The highest BCUT2D eigenvalue weighted by Gasteiger charge is 2.26. The van der Waals surface area contributed by atoms with E-state index in [4.69, 9.17) is 0 Å². The van der Waals surface area contributed by atoms with E-state index in [1.165, 1.54) is 12.1 Å². The molecule has 22 heavy (non-hydrogen) atoms. The van der Waals surface area contributed by atoms with Crippen LogP contribution in [0.3, 0.4) is 0 Å². The molecule has 0 bridgehead atoms. The summed E-state index contributed by atoms with van der Waals surface area (Å²) in [5.41, 5.74) is 0.529. The molecule has 0 aliphatic rings. The summed E-state index contributed by atoms with van der Waals surface area (Å²) in [6.07, 6.45) is 0. The molecule has 4 nitrogen and oxygen atoms in total. The summed E-state index contributed by atoms with van der Waals surface area (Å²) >= 11 is 0.